The van der Waals surface area contributed by atoms with Gasteiger partial charge in [-0.2, -0.15) is 5.26 Å². The quantitative estimate of drug-likeness (QED) is 0.532. The Balaban J connectivity index is 2.21. The molecule has 1 aromatic carbocycles. The van der Waals surface area contributed by atoms with Gasteiger partial charge >= 0.3 is 0 Å². The maximum absolute atomic E-state index is 9.06. The number of hydrogen-bond donors (Lipinski definition) is 0. The smallest absolute Gasteiger partial charge is 0.145 e. The molecule has 0 saturated heterocycles. The summed E-state index contributed by atoms with van der Waals surface area (Å²) in [5.74, 6) is 0. The van der Waals surface area contributed by atoms with Gasteiger partial charge in [-0.15, -0.1) is 0 Å². The van der Waals surface area contributed by atoms with E-state index in [-0.39, 0.29) is 0 Å². The maximum Gasteiger partial charge on any atom is 0.145 e. The average Bonchev–Trinajstić information content (AvgIpc) is 2.89. The van der Waals surface area contributed by atoms with Crippen LogP contribution < -0.4 is 0 Å². The van der Waals surface area contributed by atoms with Crippen LogP contribution in [0.25, 0.3) is 27.6 Å². The fraction of sp³-hybridized carbons (Fsp3) is 0. The third-order valence-electron chi connectivity index (χ3n) is 3.54. The highest BCUT2D eigenvalue weighted by atomic mass is 15.0. The monoisotopic (exact) mass is 270 g/mol. The van der Waals surface area contributed by atoms with Crippen molar-refractivity contribution in [3.63, 3.8) is 0 Å². The number of pyridine rings is 2. The Bertz CT molecular complexity index is 994. The molecule has 0 saturated carbocycles. The number of aromatic nitrogens is 3. The minimum Gasteiger partial charge on any atom is -0.292 e. The van der Waals surface area contributed by atoms with E-state index in [4.69, 9.17) is 5.26 Å². The molecule has 0 aliphatic heterocycles. The van der Waals surface area contributed by atoms with Crippen molar-refractivity contribution in [3.8, 4) is 11.8 Å². The summed E-state index contributed by atoms with van der Waals surface area (Å²) in [7, 11) is 0. The highest BCUT2D eigenvalue weighted by Crippen LogP contribution is 2.30. The number of nitriles is 1. The first-order valence-electron chi connectivity index (χ1n) is 6.59. The summed E-state index contributed by atoms with van der Waals surface area (Å²) in [5, 5.41) is 11.1. The first-order valence-corrected chi connectivity index (χ1v) is 6.59. The van der Waals surface area contributed by atoms with Crippen LogP contribution in [0.4, 0.5) is 0 Å². The van der Waals surface area contributed by atoms with Crippen molar-refractivity contribution in [1.29, 1.82) is 5.26 Å². The van der Waals surface area contributed by atoms with Gasteiger partial charge in [0.05, 0.1) is 11.7 Å². The van der Waals surface area contributed by atoms with Crippen molar-refractivity contribution >= 4 is 21.9 Å². The zero-order valence-electron chi connectivity index (χ0n) is 11.1. The molecule has 0 atom stereocenters. The van der Waals surface area contributed by atoms with Gasteiger partial charge in [0, 0.05) is 22.7 Å². The van der Waals surface area contributed by atoms with Crippen molar-refractivity contribution in [2.45, 2.75) is 0 Å². The molecule has 0 amide bonds. The number of hydrogen-bond acceptors (Lipinski definition) is 3. The second-order valence-electron chi connectivity index (χ2n) is 4.74. The molecule has 0 N–H and O–H groups in total. The lowest BCUT2D eigenvalue weighted by atomic mass is 10.2. The van der Waals surface area contributed by atoms with E-state index in [2.05, 4.69) is 20.6 Å². The molecule has 0 unspecified atom stereocenters. The predicted octanol–water partition coefficient (Wildman–Crippen LogP) is 3.45. The lowest BCUT2D eigenvalue weighted by molar-refractivity contribution is 1.12. The average molecular weight is 270 g/mol. The highest BCUT2D eigenvalue weighted by Gasteiger charge is 2.13. The Labute approximate surface area is 120 Å². The number of fused-ring (bicyclic) bond motifs is 3. The Hall–Kier alpha value is -3.19. The first kappa shape index (κ1) is 11.6. The van der Waals surface area contributed by atoms with Gasteiger partial charge in [-0.1, -0.05) is 18.2 Å². The van der Waals surface area contributed by atoms with Gasteiger partial charge < -0.3 is 0 Å². The van der Waals surface area contributed by atoms with Gasteiger partial charge in [0.15, 0.2) is 0 Å². The molecule has 3 heterocycles. The number of benzene rings is 1. The van der Waals surface area contributed by atoms with Crippen LogP contribution in [0.3, 0.4) is 0 Å². The van der Waals surface area contributed by atoms with E-state index in [0.29, 0.717) is 5.69 Å². The van der Waals surface area contributed by atoms with Gasteiger partial charge in [-0.25, -0.2) is 9.97 Å². The molecule has 0 bridgehead atoms. The third kappa shape index (κ3) is 1.68. The number of rotatable bonds is 1. The summed E-state index contributed by atoms with van der Waals surface area (Å²) < 4.78 is 2.07. The zero-order chi connectivity index (χ0) is 14.2. The Morgan fingerprint density at radius 1 is 0.952 bits per heavy atom. The molecule has 0 radical (unpaired) electrons. The van der Waals surface area contributed by atoms with Crippen LogP contribution >= 0.6 is 0 Å². The van der Waals surface area contributed by atoms with Gasteiger partial charge in [-0.05, 0) is 30.3 Å². The van der Waals surface area contributed by atoms with Crippen molar-refractivity contribution in [1.82, 2.24) is 14.5 Å². The fourth-order valence-corrected chi connectivity index (χ4v) is 2.64. The lowest BCUT2D eigenvalue weighted by Crippen LogP contribution is -1.95. The summed E-state index contributed by atoms with van der Waals surface area (Å²) in [5.41, 5.74) is 3.27. The molecule has 0 aliphatic carbocycles. The van der Waals surface area contributed by atoms with Crippen molar-refractivity contribution in [2.24, 2.45) is 0 Å². The molecule has 4 heteroatoms. The van der Waals surface area contributed by atoms with Crippen LogP contribution in [0.2, 0.25) is 0 Å². The van der Waals surface area contributed by atoms with Crippen molar-refractivity contribution in [3.05, 3.63) is 66.6 Å². The fourth-order valence-electron chi connectivity index (χ4n) is 2.64. The first-order chi connectivity index (χ1) is 10.4. The number of nitrogens with zero attached hydrogens (tertiary/aromatic N) is 4. The molecule has 4 aromatic rings. The number of para-hydroxylation sites is 1. The van der Waals surface area contributed by atoms with Crippen molar-refractivity contribution < 1.29 is 0 Å². The lowest BCUT2D eigenvalue weighted by Gasteiger charge is -2.05. The second-order valence-corrected chi connectivity index (χ2v) is 4.74. The van der Waals surface area contributed by atoms with Crippen LogP contribution in [0, 0.1) is 11.3 Å². The Kier molecular flexibility index (Phi) is 2.45. The van der Waals surface area contributed by atoms with E-state index < -0.39 is 0 Å². The van der Waals surface area contributed by atoms with E-state index >= 15 is 0 Å². The summed E-state index contributed by atoms with van der Waals surface area (Å²) in [4.78, 5) is 8.70. The second kappa shape index (κ2) is 4.43. The normalized spacial score (nSPS) is 10.8. The standard InChI is InChI=1S/C17H10N4/c18-10-12-9-15-14-7-4-8-19-17(14)21(16(15)11-20-12)13-5-2-1-3-6-13/h1-9,11H. The molecule has 21 heavy (non-hydrogen) atoms. The molecule has 4 rings (SSSR count). The minimum absolute atomic E-state index is 0.415. The zero-order valence-corrected chi connectivity index (χ0v) is 11.1. The highest BCUT2D eigenvalue weighted by molar-refractivity contribution is 6.07. The molecular formula is C17H10N4. The van der Waals surface area contributed by atoms with Crippen LogP contribution in [-0.4, -0.2) is 14.5 Å². The topological polar surface area (TPSA) is 54.5 Å². The molecule has 4 nitrogen and oxygen atoms in total. The molecule has 3 aromatic heterocycles. The minimum atomic E-state index is 0.415. The van der Waals surface area contributed by atoms with Gasteiger partial charge in [0.1, 0.15) is 17.4 Å². The molecule has 98 valence electrons. The predicted molar refractivity (Wildman–Crippen MR) is 81.1 cm³/mol. The SMILES string of the molecule is N#Cc1cc2c3cccnc3n(-c3ccccc3)c2cn1. The summed E-state index contributed by atoms with van der Waals surface area (Å²) >= 11 is 0. The van der Waals surface area contributed by atoms with Gasteiger partial charge in [0.25, 0.3) is 0 Å². The molecule has 0 spiro atoms. The van der Waals surface area contributed by atoms with E-state index in [0.717, 1.165) is 27.6 Å². The van der Waals surface area contributed by atoms with Crippen LogP contribution in [0.1, 0.15) is 5.69 Å². The van der Waals surface area contributed by atoms with Gasteiger partial charge in [0.2, 0.25) is 0 Å². The summed E-state index contributed by atoms with van der Waals surface area (Å²) in [6.45, 7) is 0. The third-order valence-corrected chi connectivity index (χ3v) is 3.54. The van der Waals surface area contributed by atoms with Crippen LogP contribution in [0.5, 0.6) is 0 Å². The largest absolute Gasteiger partial charge is 0.292 e. The molecular weight excluding hydrogens is 260 g/mol. The molecule has 0 fully saturated rings. The summed E-state index contributed by atoms with van der Waals surface area (Å²) in [6, 6.07) is 17.9. The molecule has 0 aliphatic rings. The Morgan fingerprint density at radius 3 is 2.62 bits per heavy atom. The maximum atomic E-state index is 9.06. The summed E-state index contributed by atoms with van der Waals surface area (Å²) in [6.07, 6.45) is 3.52. The van der Waals surface area contributed by atoms with Gasteiger partial charge in [-0.3, -0.25) is 4.57 Å². The van der Waals surface area contributed by atoms with Crippen LogP contribution in [-0.2, 0) is 0 Å². The van der Waals surface area contributed by atoms with Crippen molar-refractivity contribution in [2.75, 3.05) is 0 Å². The van der Waals surface area contributed by atoms with Crippen LogP contribution in [0.15, 0.2) is 60.9 Å². The van der Waals surface area contributed by atoms with E-state index in [1.807, 2.05) is 48.5 Å². The van der Waals surface area contributed by atoms with E-state index in [1.165, 1.54) is 0 Å². The van der Waals surface area contributed by atoms with E-state index in [9.17, 15) is 0 Å². The van der Waals surface area contributed by atoms with E-state index in [1.54, 1.807) is 12.4 Å². The Morgan fingerprint density at radius 2 is 1.81 bits per heavy atom.